The van der Waals surface area contributed by atoms with Crippen LogP contribution < -0.4 is 10.1 Å². The third kappa shape index (κ3) is 3.51. The summed E-state index contributed by atoms with van der Waals surface area (Å²) in [5, 5.41) is 4.49. The van der Waals surface area contributed by atoms with Gasteiger partial charge < -0.3 is 10.1 Å². The number of methoxy groups -OCH3 is 1. The third-order valence-corrected chi connectivity index (χ3v) is 5.57. The molecule has 0 radical (unpaired) electrons. The molecule has 4 rings (SSSR count). The van der Waals surface area contributed by atoms with E-state index in [1.807, 2.05) is 24.3 Å². The van der Waals surface area contributed by atoms with Gasteiger partial charge in [-0.3, -0.25) is 4.90 Å². The van der Waals surface area contributed by atoms with Crippen LogP contribution >= 0.6 is 11.3 Å². The molecule has 1 fully saturated rings. The minimum Gasteiger partial charge on any atom is -0.497 e. The number of hydrogen-bond donors (Lipinski definition) is 1. The van der Waals surface area contributed by atoms with Gasteiger partial charge in [0.15, 0.2) is 0 Å². The van der Waals surface area contributed by atoms with E-state index in [1.54, 1.807) is 30.6 Å². The van der Waals surface area contributed by atoms with Crippen molar-refractivity contribution in [3.8, 4) is 5.75 Å². The van der Waals surface area contributed by atoms with E-state index in [2.05, 4.69) is 10.2 Å². The molecular formula is C19H20FN3OS. The summed E-state index contributed by atoms with van der Waals surface area (Å²) in [6.45, 7) is 3.44. The van der Waals surface area contributed by atoms with Crippen LogP contribution in [0.15, 0.2) is 42.5 Å². The lowest BCUT2D eigenvalue weighted by molar-refractivity contribution is 0.153. The Kier molecular flexibility index (Phi) is 4.65. The smallest absolute Gasteiger partial charge is 0.123 e. The minimum atomic E-state index is -0.185. The molecule has 0 spiro atoms. The van der Waals surface area contributed by atoms with Crippen molar-refractivity contribution in [1.82, 2.24) is 15.2 Å². The molecule has 1 aliphatic rings. The lowest BCUT2D eigenvalue weighted by atomic mass is 10.0. The van der Waals surface area contributed by atoms with Gasteiger partial charge in [-0.25, -0.2) is 9.37 Å². The molecule has 0 amide bonds. The van der Waals surface area contributed by atoms with Gasteiger partial charge >= 0.3 is 0 Å². The second kappa shape index (κ2) is 7.07. The number of hydrogen-bond acceptors (Lipinski definition) is 5. The van der Waals surface area contributed by atoms with Crippen molar-refractivity contribution in [3.63, 3.8) is 0 Å². The van der Waals surface area contributed by atoms with Gasteiger partial charge in [-0.1, -0.05) is 12.1 Å². The number of thiazole rings is 1. The molecule has 3 aromatic rings. The average molecular weight is 357 g/mol. The molecular weight excluding hydrogens is 337 g/mol. The first-order chi connectivity index (χ1) is 12.2. The first-order valence-corrected chi connectivity index (χ1v) is 9.18. The highest BCUT2D eigenvalue weighted by Crippen LogP contribution is 2.30. The Labute approximate surface area is 150 Å². The van der Waals surface area contributed by atoms with Crippen molar-refractivity contribution >= 4 is 21.6 Å². The molecule has 6 heteroatoms. The first-order valence-electron chi connectivity index (χ1n) is 8.36. The highest BCUT2D eigenvalue weighted by molar-refractivity contribution is 7.18. The number of aromatic nitrogens is 1. The van der Waals surface area contributed by atoms with E-state index in [0.717, 1.165) is 52.7 Å². The summed E-state index contributed by atoms with van der Waals surface area (Å²) in [7, 11) is 1.67. The zero-order chi connectivity index (χ0) is 17.2. The van der Waals surface area contributed by atoms with Crippen molar-refractivity contribution in [2.45, 2.75) is 12.6 Å². The maximum atomic E-state index is 13.6. The fourth-order valence-electron chi connectivity index (χ4n) is 3.30. The Morgan fingerprint density at radius 3 is 3.08 bits per heavy atom. The summed E-state index contributed by atoms with van der Waals surface area (Å²) in [6, 6.07) is 13.0. The Morgan fingerprint density at radius 2 is 2.24 bits per heavy atom. The molecule has 1 atom stereocenters. The van der Waals surface area contributed by atoms with E-state index < -0.39 is 0 Å². The van der Waals surface area contributed by atoms with Gasteiger partial charge in [-0.05, 0) is 35.9 Å². The van der Waals surface area contributed by atoms with Crippen molar-refractivity contribution in [2.24, 2.45) is 0 Å². The summed E-state index contributed by atoms with van der Waals surface area (Å²) in [5.41, 5.74) is 2.01. The largest absolute Gasteiger partial charge is 0.497 e. The van der Waals surface area contributed by atoms with Gasteiger partial charge in [-0.2, -0.15) is 0 Å². The standard InChI is InChI=1S/C19H20FN3OS/c1-24-15-5-6-16-18(10-15)25-19(22-16)12-23-8-7-21-11-17(23)13-3-2-4-14(20)9-13/h2-6,9-10,17,21H,7-8,11-12H2,1H3. The second-order valence-electron chi connectivity index (χ2n) is 6.19. The van der Waals surface area contributed by atoms with Crippen molar-refractivity contribution in [3.05, 3.63) is 58.9 Å². The molecule has 0 aliphatic carbocycles. The second-order valence-corrected chi connectivity index (χ2v) is 7.30. The van der Waals surface area contributed by atoms with Crippen LogP contribution in [0, 0.1) is 5.82 Å². The number of fused-ring (bicyclic) bond motifs is 1. The molecule has 1 unspecified atom stereocenters. The zero-order valence-corrected chi connectivity index (χ0v) is 14.9. The van der Waals surface area contributed by atoms with Gasteiger partial charge in [0, 0.05) is 25.7 Å². The van der Waals surface area contributed by atoms with Gasteiger partial charge in [-0.15, -0.1) is 11.3 Å². The quantitative estimate of drug-likeness (QED) is 0.774. The molecule has 1 aliphatic heterocycles. The van der Waals surface area contributed by atoms with E-state index in [9.17, 15) is 4.39 Å². The Balaban J connectivity index is 1.59. The fourth-order valence-corrected chi connectivity index (χ4v) is 4.32. The van der Waals surface area contributed by atoms with Gasteiger partial charge in [0.2, 0.25) is 0 Å². The molecule has 1 N–H and O–H groups in total. The summed E-state index contributed by atoms with van der Waals surface area (Å²) < 4.78 is 20.0. The summed E-state index contributed by atoms with van der Waals surface area (Å²) in [5.74, 6) is 0.664. The molecule has 2 aromatic carbocycles. The van der Waals surface area contributed by atoms with Crippen molar-refractivity contribution in [2.75, 3.05) is 26.7 Å². The number of halogens is 1. The Bertz CT molecular complexity index is 882. The van der Waals surface area contributed by atoms with Gasteiger partial charge in [0.25, 0.3) is 0 Å². The number of nitrogens with zero attached hydrogens (tertiary/aromatic N) is 2. The fraction of sp³-hybridized carbons (Fsp3) is 0.316. The maximum Gasteiger partial charge on any atom is 0.123 e. The van der Waals surface area contributed by atoms with E-state index in [0.29, 0.717) is 0 Å². The highest BCUT2D eigenvalue weighted by Gasteiger charge is 2.25. The zero-order valence-electron chi connectivity index (χ0n) is 14.0. The van der Waals surface area contributed by atoms with Crippen LogP contribution in [0.1, 0.15) is 16.6 Å². The maximum absolute atomic E-state index is 13.6. The van der Waals surface area contributed by atoms with Crippen LogP contribution in [0.25, 0.3) is 10.2 Å². The summed E-state index contributed by atoms with van der Waals surface area (Å²) in [6.07, 6.45) is 0. The van der Waals surface area contributed by atoms with Crippen molar-refractivity contribution < 1.29 is 9.13 Å². The number of nitrogens with one attached hydrogen (secondary N) is 1. The number of ether oxygens (including phenoxy) is 1. The summed E-state index contributed by atoms with van der Waals surface area (Å²) in [4.78, 5) is 7.13. The molecule has 130 valence electrons. The topological polar surface area (TPSA) is 37.4 Å². The van der Waals surface area contributed by atoms with Gasteiger partial charge in [0.1, 0.15) is 16.6 Å². The predicted octanol–water partition coefficient (Wildman–Crippen LogP) is 3.59. The van der Waals surface area contributed by atoms with E-state index in [-0.39, 0.29) is 11.9 Å². The van der Waals surface area contributed by atoms with Crippen LogP contribution in [-0.2, 0) is 6.54 Å². The lowest BCUT2D eigenvalue weighted by Gasteiger charge is -2.36. The SMILES string of the molecule is COc1ccc2nc(CN3CCNCC3c3cccc(F)c3)sc2c1. The molecule has 0 bridgehead atoms. The highest BCUT2D eigenvalue weighted by atomic mass is 32.1. The van der Waals surface area contributed by atoms with E-state index in [1.165, 1.54) is 6.07 Å². The molecule has 25 heavy (non-hydrogen) atoms. The monoisotopic (exact) mass is 357 g/mol. The molecule has 1 saturated heterocycles. The van der Waals surface area contributed by atoms with Crippen LogP contribution in [0.5, 0.6) is 5.75 Å². The number of benzene rings is 2. The normalized spacial score (nSPS) is 18.6. The Hall–Kier alpha value is -2.02. The Morgan fingerprint density at radius 1 is 1.32 bits per heavy atom. The van der Waals surface area contributed by atoms with Crippen LogP contribution in [0.2, 0.25) is 0 Å². The van der Waals surface area contributed by atoms with Crippen LogP contribution in [0.4, 0.5) is 4.39 Å². The van der Waals surface area contributed by atoms with Gasteiger partial charge in [0.05, 0.1) is 23.9 Å². The van der Waals surface area contributed by atoms with E-state index >= 15 is 0 Å². The molecule has 1 aromatic heterocycles. The third-order valence-electron chi connectivity index (χ3n) is 4.57. The molecule has 0 saturated carbocycles. The molecule has 4 nitrogen and oxygen atoms in total. The van der Waals surface area contributed by atoms with Crippen LogP contribution in [-0.4, -0.2) is 36.6 Å². The average Bonchev–Trinajstić information content (AvgIpc) is 3.03. The lowest BCUT2D eigenvalue weighted by Crippen LogP contribution is -2.45. The van der Waals surface area contributed by atoms with E-state index in [4.69, 9.17) is 9.72 Å². The summed E-state index contributed by atoms with van der Waals surface area (Å²) >= 11 is 1.69. The number of rotatable bonds is 4. The minimum absolute atomic E-state index is 0.158. The predicted molar refractivity (Wildman–Crippen MR) is 98.6 cm³/mol. The number of piperazine rings is 1. The molecule has 2 heterocycles. The first kappa shape index (κ1) is 16.4. The van der Waals surface area contributed by atoms with Crippen molar-refractivity contribution in [1.29, 1.82) is 0 Å². The van der Waals surface area contributed by atoms with Crippen LogP contribution in [0.3, 0.4) is 0 Å².